The molecular formula is C4H12Cu3O14P4. The summed E-state index contributed by atoms with van der Waals surface area (Å²) >= 11 is 0. The molecule has 0 aromatic rings. The van der Waals surface area contributed by atoms with E-state index in [0.29, 0.717) is 0 Å². The summed E-state index contributed by atoms with van der Waals surface area (Å²) < 4.78 is 55.0. The van der Waals surface area contributed by atoms with Gasteiger partial charge >= 0.3 is 44.1 Å². The van der Waals surface area contributed by atoms with E-state index in [2.05, 4.69) is 17.7 Å². The van der Waals surface area contributed by atoms with E-state index < -0.39 is 44.1 Å². The molecule has 0 aromatic carbocycles. The summed E-state index contributed by atoms with van der Waals surface area (Å²) in [5.74, 6) is -2.00. The molecule has 0 aliphatic rings. The molecule has 0 saturated carbocycles. The molecular weight excluding hydrogens is 587 g/mol. The van der Waals surface area contributed by atoms with Gasteiger partial charge < -0.3 is 23.7 Å². The van der Waals surface area contributed by atoms with Gasteiger partial charge in [-0.1, -0.05) is 0 Å². The first-order valence-electron chi connectivity index (χ1n) is 4.57. The average molecular weight is 599 g/mol. The minimum absolute atomic E-state index is 0. The Hall–Kier alpha value is 1.18. The molecule has 3 atom stereocenters. The van der Waals surface area contributed by atoms with Gasteiger partial charge in [-0.25, -0.2) is 18.0 Å². The van der Waals surface area contributed by atoms with Crippen LogP contribution < -0.4 is 0 Å². The molecule has 0 aromatic heterocycles. The Bertz CT molecular complexity index is 526. The normalized spacial score (nSPS) is 14.3. The quantitative estimate of drug-likeness (QED) is 0.235. The van der Waals surface area contributed by atoms with Crippen molar-refractivity contribution in [3.05, 3.63) is 0 Å². The van der Waals surface area contributed by atoms with Crippen molar-refractivity contribution in [2.45, 2.75) is 13.8 Å². The van der Waals surface area contributed by atoms with Crippen LogP contribution in [0.25, 0.3) is 0 Å². The van der Waals surface area contributed by atoms with Gasteiger partial charge in [0, 0.05) is 65.1 Å². The Labute approximate surface area is 173 Å². The third-order valence-corrected chi connectivity index (χ3v) is 4.83. The van der Waals surface area contributed by atoms with Crippen LogP contribution >= 0.6 is 32.2 Å². The maximum atomic E-state index is 10.4. The van der Waals surface area contributed by atoms with Crippen LogP contribution in [0.2, 0.25) is 0 Å². The molecule has 0 saturated heterocycles. The van der Waals surface area contributed by atoms with E-state index in [4.69, 9.17) is 19.6 Å². The summed E-state index contributed by atoms with van der Waals surface area (Å²) in [5, 5.41) is 0. The van der Waals surface area contributed by atoms with E-state index in [9.17, 15) is 27.8 Å². The van der Waals surface area contributed by atoms with Crippen molar-refractivity contribution in [2.75, 3.05) is 0 Å². The van der Waals surface area contributed by atoms with Crippen LogP contribution in [-0.4, -0.2) is 31.5 Å². The van der Waals surface area contributed by atoms with Crippen LogP contribution in [0.3, 0.4) is 0 Å². The van der Waals surface area contributed by atoms with E-state index in [1.807, 2.05) is 0 Å². The molecule has 0 aliphatic heterocycles. The third-order valence-electron chi connectivity index (χ3n) is 0.851. The minimum atomic E-state index is -5.13. The molecule has 0 rings (SSSR count). The zero-order valence-corrected chi connectivity index (χ0v) is 18.3. The van der Waals surface area contributed by atoms with E-state index in [-0.39, 0.29) is 51.2 Å². The number of carbonyl (C=O) groups is 2. The van der Waals surface area contributed by atoms with Crippen molar-refractivity contribution in [3.8, 4) is 0 Å². The summed E-state index contributed by atoms with van der Waals surface area (Å²) in [7, 11) is -16.5. The van der Waals surface area contributed by atoms with Gasteiger partial charge in [-0.2, -0.15) is 4.31 Å². The van der Waals surface area contributed by atoms with Crippen LogP contribution in [0, 0.1) is 0 Å². The van der Waals surface area contributed by atoms with Gasteiger partial charge in [0.2, 0.25) is 0 Å². The summed E-state index contributed by atoms with van der Waals surface area (Å²) in [4.78, 5) is 52.5. The fourth-order valence-electron chi connectivity index (χ4n) is 0.523. The molecule has 4 N–H and O–H groups in total. The predicted octanol–water partition coefficient (Wildman–Crippen LogP) is 0.0895. The second kappa shape index (κ2) is 17.3. The Balaban J connectivity index is -0.0000000964. The van der Waals surface area contributed by atoms with E-state index >= 15 is 0 Å². The van der Waals surface area contributed by atoms with Gasteiger partial charge in [-0.15, -0.1) is 0 Å². The largest absolute Gasteiger partial charge is 0.538 e. The van der Waals surface area contributed by atoms with Crippen LogP contribution in [0.5, 0.6) is 0 Å². The number of carbonyl (C=O) groups excluding carboxylic acids is 2. The van der Waals surface area contributed by atoms with Crippen LogP contribution in [0.1, 0.15) is 13.8 Å². The monoisotopic (exact) mass is 597 g/mol. The summed E-state index contributed by atoms with van der Waals surface area (Å²) in [6, 6.07) is 0. The minimum Gasteiger partial charge on any atom is -0.394 e. The fourth-order valence-corrected chi connectivity index (χ4v) is 3.03. The van der Waals surface area contributed by atoms with Crippen LogP contribution in [0.15, 0.2) is 0 Å². The van der Waals surface area contributed by atoms with E-state index in [1.54, 1.807) is 0 Å². The third kappa shape index (κ3) is 33.2. The fraction of sp³-hybridized carbons (Fsp3) is 0.500. The van der Waals surface area contributed by atoms with E-state index in [1.165, 1.54) is 0 Å². The number of phosphoric acid groups is 2. The zero-order chi connectivity index (χ0) is 18.1. The molecule has 0 bridgehead atoms. The van der Waals surface area contributed by atoms with Gasteiger partial charge in [0.25, 0.3) is 0 Å². The van der Waals surface area contributed by atoms with Crippen molar-refractivity contribution in [1.82, 2.24) is 0 Å². The second-order valence-corrected chi connectivity index (χ2v) is 7.64. The Morgan fingerprint density at radius 2 is 1.32 bits per heavy atom. The first-order valence-corrected chi connectivity index (χ1v) is 10.1. The number of hydrogen-bond acceptors (Lipinski definition) is 10. The zero-order valence-electron chi connectivity index (χ0n) is 11.7. The van der Waals surface area contributed by atoms with Crippen molar-refractivity contribution >= 4 is 44.1 Å². The van der Waals surface area contributed by atoms with Gasteiger partial charge in [-0.05, 0) is 0 Å². The van der Waals surface area contributed by atoms with Crippen LogP contribution in [-0.2, 0) is 96.7 Å². The maximum absolute atomic E-state index is 10.4. The molecule has 165 valence electrons. The van der Waals surface area contributed by atoms with E-state index in [0.717, 1.165) is 13.8 Å². The SMILES string of the molecule is CC(=O)OP(=O)(O)OP(=O)(O)O.CC(=O)O[PH](=O)O[PH](=O)O.[Cu].[Cu].[Cu]. The van der Waals surface area contributed by atoms with Gasteiger partial charge in [-0.3, -0.25) is 19.0 Å². The molecule has 3 radical (unpaired) electrons. The average Bonchev–Trinajstić information content (AvgIpc) is 2.07. The van der Waals surface area contributed by atoms with Crippen molar-refractivity contribution in [3.63, 3.8) is 0 Å². The second-order valence-electron chi connectivity index (χ2n) is 2.84. The molecule has 0 heterocycles. The number of hydrogen-bond donors (Lipinski definition) is 4. The molecule has 14 nitrogen and oxygen atoms in total. The molecule has 3 unspecified atom stereocenters. The smallest absolute Gasteiger partial charge is 0.394 e. The molecule has 21 heteroatoms. The Kier molecular flexibility index (Phi) is 25.6. The maximum Gasteiger partial charge on any atom is 0.538 e. The number of phosphoric ester groups is 1. The van der Waals surface area contributed by atoms with Gasteiger partial charge in [0.1, 0.15) is 0 Å². The van der Waals surface area contributed by atoms with Gasteiger partial charge in [0.15, 0.2) is 0 Å². The summed E-state index contributed by atoms with van der Waals surface area (Å²) in [6.45, 7) is 1.80. The molecule has 0 spiro atoms. The summed E-state index contributed by atoms with van der Waals surface area (Å²) in [5.41, 5.74) is 0. The topological polar surface area (TPSA) is 220 Å². The van der Waals surface area contributed by atoms with Crippen LogP contribution in [0.4, 0.5) is 0 Å². The first kappa shape index (κ1) is 37.0. The van der Waals surface area contributed by atoms with Crippen molar-refractivity contribution in [2.24, 2.45) is 0 Å². The number of rotatable bonds is 6. The predicted molar refractivity (Wildman–Crippen MR) is 67.8 cm³/mol. The van der Waals surface area contributed by atoms with Gasteiger partial charge in [0.05, 0.1) is 0 Å². The summed E-state index contributed by atoms with van der Waals surface area (Å²) in [6.07, 6.45) is 0. The molecule has 0 aliphatic carbocycles. The first-order chi connectivity index (χ1) is 9.64. The van der Waals surface area contributed by atoms with Crippen molar-refractivity contribution in [1.29, 1.82) is 0 Å². The standard InChI is InChI=1S/C2H6O8P2.C2H6O6P2.3Cu/c1-2(3)9-12(7,8)10-11(4,5)6;1-2(3)7-10(6)8-9(4)5;;;/h1H3,(H,7,8)(H2,4,5,6);9-10H,1H3,(H,4,5);;;. The van der Waals surface area contributed by atoms with Crippen molar-refractivity contribution < 1.29 is 116 Å². The Morgan fingerprint density at radius 1 is 0.920 bits per heavy atom. The molecule has 0 amide bonds. The molecule has 25 heavy (non-hydrogen) atoms. The Morgan fingerprint density at radius 3 is 1.56 bits per heavy atom. The molecule has 0 fully saturated rings.